The van der Waals surface area contributed by atoms with E-state index in [1.54, 1.807) is 25.1 Å². The molecule has 0 aliphatic rings. The first kappa shape index (κ1) is 14.5. The number of nitrogens with one attached hydrogen (secondary N) is 1. The van der Waals surface area contributed by atoms with Crippen molar-refractivity contribution in [3.63, 3.8) is 0 Å². The topological polar surface area (TPSA) is 35.8 Å². The van der Waals surface area contributed by atoms with Crippen LogP contribution in [0.1, 0.15) is 24.1 Å². The van der Waals surface area contributed by atoms with E-state index in [9.17, 15) is 8.78 Å². The normalized spacial score (nSPS) is 11.8. The minimum absolute atomic E-state index is 0.274. The lowest BCUT2D eigenvalue weighted by atomic mass is 10.1. The Kier molecular flexibility index (Phi) is 4.35. The minimum atomic E-state index is -0.604. The van der Waals surface area contributed by atoms with Gasteiger partial charge in [0.25, 0.3) is 0 Å². The van der Waals surface area contributed by atoms with Crippen molar-refractivity contribution in [1.82, 2.24) is 0 Å². The fourth-order valence-electron chi connectivity index (χ4n) is 1.84. The second-order valence-corrected chi connectivity index (χ2v) is 5.23. The highest BCUT2D eigenvalue weighted by Crippen LogP contribution is 2.28. The van der Waals surface area contributed by atoms with Gasteiger partial charge < -0.3 is 5.32 Å². The van der Waals surface area contributed by atoms with E-state index >= 15 is 0 Å². The SMILES string of the molecule is CC(Nc1ccc(C#N)cc1Br)c1cc(F)cc(F)c1. The third-order valence-electron chi connectivity index (χ3n) is 2.86. The summed E-state index contributed by atoms with van der Waals surface area (Å²) in [5, 5.41) is 11.9. The molecular weight excluding hydrogens is 326 g/mol. The van der Waals surface area contributed by atoms with E-state index in [0.29, 0.717) is 11.1 Å². The minimum Gasteiger partial charge on any atom is -0.378 e. The zero-order valence-electron chi connectivity index (χ0n) is 10.6. The maximum atomic E-state index is 13.2. The average Bonchev–Trinajstić information content (AvgIpc) is 2.39. The summed E-state index contributed by atoms with van der Waals surface area (Å²) < 4.78 is 27.1. The zero-order chi connectivity index (χ0) is 14.7. The standard InChI is InChI=1S/C15H11BrF2N2/c1-9(11-5-12(17)7-13(18)6-11)20-15-3-2-10(8-19)4-14(15)16/h2-7,9,20H,1H3. The van der Waals surface area contributed by atoms with Crippen molar-refractivity contribution in [2.75, 3.05) is 5.32 Å². The lowest BCUT2D eigenvalue weighted by Gasteiger charge is -2.17. The van der Waals surface area contributed by atoms with Gasteiger partial charge in [0.2, 0.25) is 0 Å². The summed E-state index contributed by atoms with van der Waals surface area (Å²) in [6.07, 6.45) is 0. The maximum Gasteiger partial charge on any atom is 0.126 e. The van der Waals surface area contributed by atoms with E-state index in [-0.39, 0.29) is 6.04 Å². The Bertz CT molecular complexity index is 660. The molecule has 0 amide bonds. The maximum absolute atomic E-state index is 13.2. The highest BCUT2D eigenvalue weighted by atomic mass is 79.9. The van der Waals surface area contributed by atoms with Crippen LogP contribution in [0.2, 0.25) is 0 Å². The predicted octanol–water partition coefficient (Wildman–Crippen LogP) is 4.77. The molecule has 0 aliphatic heterocycles. The van der Waals surface area contributed by atoms with Crippen molar-refractivity contribution in [3.8, 4) is 6.07 Å². The molecule has 0 spiro atoms. The van der Waals surface area contributed by atoms with Gasteiger partial charge in [-0.3, -0.25) is 0 Å². The van der Waals surface area contributed by atoms with Crippen LogP contribution in [-0.2, 0) is 0 Å². The Morgan fingerprint density at radius 2 is 1.80 bits per heavy atom. The van der Waals surface area contributed by atoms with Crippen LogP contribution in [0.25, 0.3) is 0 Å². The van der Waals surface area contributed by atoms with Crippen molar-refractivity contribution >= 4 is 21.6 Å². The first-order chi connectivity index (χ1) is 9.49. The highest BCUT2D eigenvalue weighted by molar-refractivity contribution is 9.10. The summed E-state index contributed by atoms with van der Waals surface area (Å²) in [6.45, 7) is 1.80. The third-order valence-corrected chi connectivity index (χ3v) is 3.51. The predicted molar refractivity (Wildman–Crippen MR) is 77.3 cm³/mol. The van der Waals surface area contributed by atoms with Crippen LogP contribution in [-0.4, -0.2) is 0 Å². The molecule has 0 aliphatic carbocycles. The molecule has 2 nitrogen and oxygen atoms in total. The number of hydrogen-bond donors (Lipinski definition) is 1. The molecule has 0 heterocycles. The van der Waals surface area contributed by atoms with Crippen molar-refractivity contribution in [1.29, 1.82) is 5.26 Å². The fourth-order valence-corrected chi connectivity index (χ4v) is 2.34. The van der Waals surface area contributed by atoms with Gasteiger partial charge in [0, 0.05) is 22.3 Å². The molecule has 0 saturated carbocycles. The lowest BCUT2D eigenvalue weighted by Crippen LogP contribution is -2.08. The average molecular weight is 337 g/mol. The molecule has 0 bridgehead atoms. The molecule has 0 saturated heterocycles. The third kappa shape index (κ3) is 3.34. The van der Waals surface area contributed by atoms with Crippen LogP contribution in [0.4, 0.5) is 14.5 Å². The molecule has 1 unspecified atom stereocenters. The largest absolute Gasteiger partial charge is 0.378 e. The van der Waals surface area contributed by atoms with Crippen LogP contribution in [0.15, 0.2) is 40.9 Å². The number of rotatable bonds is 3. The molecule has 2 aromatic rings. The van der Waals surface area contributed by atoms with E-state index < -0.39 is 11.6 Å². The molecule has 0 radical (unpaired) electrons. The van der Waals surface area contributed by atoms with Gasteiger partial charge in [0.05, 0.1) is 11.6 Å². The van der Waals surface area contributed by atoms with Crippen LogP contribution in [0.5, 0.6) is 0 Å². The quantitative estimate of drug-likeness (QED) is 0.876. The summed E-state index contributed by atoms with van der Waals surface area (Å²) in [6, 6.07) is 10.3. The molecule has 1 atom stereocenters. The first-order valence-corrected chi connectivity index (χ1v) is 6.71. The van der Waals surface area contributed by atoms with E-state index in [4.69, 9.17) is 5.26 Å². The Labute approximate surface area is 124 Å². The highest BCUT2D eigenvalue weighted by Gasteiger charge is 2.10. The van der Waals surface area contributed by atoms with Crippen molar-refractivity contribution in [2.24, 2.45) is 0 Å². The first-order valence-electron chi connectivity index (χ1n) is 5.92. The van der Waals surface area contributed by atoms with Gasteiger partial charge in [-0.25, -0.2) is 8.78 Å². The Morgan fingerprint density at radius 1 is 1.15 bits per heavy atom. The monoisotopic (exact) mass is 336 g/mol. The van der Waals surface area contributed by atoms with Gasteiger partial charge >= 0.3 is 0 Å². The smallest absolute Gasteiger partial charge is 0.126 e. The van der Waals surface area contributed by atoms with Crippen LogP contribution in [0, 0.1) is 23.0 Å². The Balaban J connectivity index is 2.23. The molecule has 0 fully saturated rings. The summed E-state index contributed by atoms with van der Waals surface area (Å²) in [7, 11) is 0. The van der Waals surface area contributed by atoms with Gasteiger partial charge in [-0.05, 0) is 58.7 Å². The number of anilines is 1. The van der Waals surface area contributed by atoms with Gasteiger partial charge in [-0.2, -0.15) is 5.26 Å². The summed E-state index contributed by atoms with van der Waals surface area (Å²) in [5.41, 5.74) is 1.80. The number of nitriles is 1. The van der Waals surface area contributed by atoms with E-state index in [1.165, 1.54) is 12.1 Å². The summed E-state index contributed by atoms with van der Waals surface area (Å²) in [5.74, 6) is -1.21. The van der Waals surface area contributed by atoms with Crippen LogP contribution < -0.4 is 5.32 Å². The summed E-state index contributed by atoms with van der Waals surface area (Å²) in [4.78, 5) is 0. The van der Waals surface area contributed by atoms with E-state index in [1.807, 2.05) is 6.07 Å². The number of nitrogens with zero attached hydrogens (tertiary/aromatic N) is 1. The van der Waals surface area contributed by atoms with E-state index in [0.717, 1.165) is 16.2 Å². The van der Waals surface area contributed by atoms with Crippen molar-refractivity contribution in [3.05, 3.63) is 63.6 Å². The van der Waals surface area contributed by atoms with Gasteiger partial charge in [0.1, 0.15) is 11.6 Å². The van der Waals surface area contributed by atoms with Gasteiger partial charge in [-0.1, -0.05) is 0 Å². The Morgan fingerprint density at radius 3 is 2.35 bits per heavy atom. The van der Waals surface area contributed by atoms with Crippen LogP contribution >= 0.6 is 15.9 Å². The van der Waals surface area contributed by atoms with Crippen molar-refractivity contribution in [2.45, 2.75) is 13.0 Å². The van der Waals surface area contributed by atoms with Gasteiger partial charge in [0.15, 0.2) is 0 Å². The molecule has 102 valence electrons. The lowest BCUT2D eigenvalue weighted by molar-refractivity contribution is 0.577. The molecule has 2 rings (SSSR count). The molecule has 0 aromatic heterocycles. The molecular formula is C15H11BrF2N2. The molecule has 1 N–H and O–H groups in total. The van der Waals surface area contributed by atoms with E-state index in [2.05, 4.69) is 21.2 Å². The number of hydrogen-bond acceptors (Lipinski definition) is 2. The second kappa shape index (κ2) is 6.02. The number of benzene rings is 2. The second-order valence-electron chi connectivity index (χ2n) is 4.38. The fraction of sp³-hybridized carbons (Fsp3) is 0.133. The Hall–Kier alpha value is -1.93. The number of halogens is 3. The molecule has 5 heteroatoms. The molecule has 20 heavy (non-hydrogen) atoms. The molecule has 2 aromatic carbocycles. The zero-order valence-corrected chi connectivity index (χ0v) is 12.2. The van der Waals surface area contributed by atoms with Gasteiger partial charge in [-0.15, -0.1) is 0 Å². The summed E-state index contributed by atoms with van der Waals surface area (Å²) >= 11 is 3.36. The van der Waals surface area contributed by atoms with Crippen molar-refractivity contribution < 1.29 is 8.78 Å². The van der Waals surface area contributed by atoms with Crippen LogP contribution in [0.3, 0.4) is 0 Å².